The highest BCUT2D eigenvalue weighted by atomic mass is 19.1. The van der Waals surface area contributed by atoms with Gasteiger partial charge in [0.05, 0.1) is 0 Å². The van der Waals surface area contributed by atoms with E-state index in [4.69, 9.17) is 14.8 Å². The predicted octanol–water partition coefficient (Wildman–Crippen LogP) is 0.852. The molecule has 0 heterocycles. The SMILES string of the molecule is CC(C)(C)OC(=O)Nc1cc(F)cc(B(O)O)c1. The number of amides is 1. The molecule has 5 nitrogen and oxygen atoms in total. The first kappa shape index (κ1) is 14.5. The largest absolute Gasteiger partial charge is 0.488 e. The Morgan fingerprint density at radius 1 is 1.33 bits per heavy atom. The van der Waals surface area contributed by atoms with Crippen molar-refractivity contribution < 1.29 is 24.0 Å². The number of nitrogens with one attached hydrogen (secondary N) is 1. The molecule has 1 amide bonds. The van der Waals surface area contributed by atoms with E-state index in [1.54, 1.807) is 20.8 Å². The molecule has 0 fully saturated rings. The van der Waals surface area contributed by atoms with Crippen molar-refractivity contribution in [3.05, 3.63) is 24.0 Å². The predicted molar refractivity (Wildman–Crippen MR) is 66.1 cm³/mol. The highest BCUT2D eigenvalue weighted by molar-refractivity contribution is 6.58. The van der Waals surface area contributed by atoms with Crippen LogP contribution >= 0.6 is 0 Å². The quantitative estimate of drug-likeness (QED) is 0.684. The third-order valence-electron chi connectivity index (χ3n) is 1.86. The van der Waals surface area contributed by atoms with Gasteiger partial charge in [-0.25, -0.2) is 9.18 Å². The first-order valence-electron chi connectivity index (χ1n) is 5.34. The number of carbonyl (C=O) groups excluding carboxylic acids is 1. The zero-order valence-electron chi connectivity index (χ0n) is 10.4. The summed E-state index contributed by atoms with van der Waals surface area (Å²) in [5.74, 6) is -0.688. The smallest absolute Gasteiger partial charge is 0.444 e. The molecule has 98 valence electrons. The minimum absolute atomic E-state index is 0.0546. The molecule has 0 bridgehead atoms. The number of benzene rings is 1. The van der Waals surface area contributed by atoms with Gasteiger partial charge in [0.15, 0.2) is 0 Å². The number of hydrogen-bond donors (Lipinski definition) is 3. The molecule has 0 radical (unpaired) electrons. The summed E-state index contributed by atoms with van der Waals surface area (Å²) in [4.78, 5) is 11.4. The highest BCUT2D eigenvalue weighted by Gasteiger charge is 2.18. The monoisotopic (exact) mass is 255 g/mol. The van der Waals surface area contributed by atoms with Crippen LogP contribution in [0.2, 0.25) is 0 Å². The molecule has 0 aliphatic carbocycles. The molecule has 0 saturated heterocycles. The number of anilines is 1. The summed E-state index contributed by atoms with van der Waals surface area (Å²) in [6, 6.07) is 3.26. The lowest BCUT2D eigenvalue weighted by Crippen LogP contribution is -2.31. The van der Waals surface area contributed by atoms with Gasteiger partial charge in [-0.05, 0) is 44.4 Å². The van der Waals surface area contributed by atoms with Gasteiger partial charge in [0, 0.05) is 5.69 Å². The van der Waals surface area contributed by atoms with Crippen molar-refractivity contribution in [3.8, 4) is 0 Å². The number of hydrogen-bond acceptors (Lipinski definition) is 4. The van der Waals surface area contributed by atoms with Crippen LogP contribution in [0.3, 0.4) is 0 Å². The Balaban J connectivity index is 2.82. The molecule has 1 aromatic carbocycles. The fourth-order valence-corrected chi connectivity index (χ4v) is 1.26. The molecule has 3 N–H and O–H groups in total. The van der Waals surface area contributed by atoms with Crippen LogP contribution in [0.5, 0.6) is 0 Å². The van der Waals surface area contributed by atoms with E-state index in [9.17, 15) is 9.18 Å². The van der Waals surface area contributed by atoms with Crippen molar-refractivity contribution in [1.29, 1.82) is 0 Å². The lowest BCUT2D eigenvalue weighted by Gasteiger charge is -2.19. The van der Waals surface area contributed by atoms with Gasteiger partial charge in [-0.15, -0.1) is 0 Å². The second-order valence-electron chi connectivity index (χ2n) is 4.77. The molecule has 1 rings (SSSR count). The first-order chi connectivity index (χ1) is 8.17. The van der Waals surface area contributed by atoms with Crippen molar-refractivity contribution >= 4 is 24.4 Å². The molecule has 0 spiro atoms. The van der Waals surface area contributed by atoms with Gasteiger partial charge in [0.2, 0.25) is 0 Å². The van der Waals surface area contributed by atoms with E-state index >= 15 is 0 Å². The van der Waals surface area contributed by atoms with Crippen molar-refractivity contribution in [1.82, 2.24) is 0 Å². The van der Waals surface area contributed by atoms with E-state index in [-0.39, 0.29) is 11.2 Å². The Kier molecular flexibility index (Phi) is 4.31. The molecular weight excluding hydrogens is 240 g/mol. The standard InChI is InChI=1S/C11H15BFNO4/c1-11(2,3)18-10(15)14-9-5-7(12(16)17)4-8(13)6-9/h4-6,16-17H,1-3H3,(H,14,15). The van der Waals surface area contributed by atoms with E-state index in [1.807, 2.05) is 0 Å². The highest BCUT2D eigenvalue weighted by Crippen LogP contribution is 2.12. The Labute approximate surface area is 105 Å². The summed E-state index contributed by atoms with van der Waals surface area (Å²) in [6.07, 6.45) is -0.744. The van der Waals surface area contributed by atoms with E-state index in [1.165, 1.54) is 6.07 Å². The third-order valence-corrected chi connectivity index (χ3v) is 1.86. The summed E-state index contributed by atoms with van der Waals surface area (Å²) in [6.45, 7) is 5.09. The van der Waals surface area contributed by atoms with Crippen LogP contribution < -0.4 is 10.8 Å². The maximum atomic E-state index is 13.2. The van der Waals surface area contributed by atoms with Crippen LogP contribution in [-0.2, 0) is 4.74 Å². The average Bonchev–Trinajstić information content (AvgIpc) is 2.12. The van der Waals surface area contributed by atoms with Crippen LogP contribution in [0.4, 0.5) is 14.9 Å². The van der Waals surface area contributed by atoms with Gasteiger partial charge in [0.1, 0.15) is 11.4 Å². The summed E-state index contributed by atoms with van der Waals surface area (Å²) < 4.78 is 18.1. The fourth-order valence-electron chi connectivity index (χ4n) is 1.26. The fraction of sp³-hybridized carbons (Fsp3) is 0.364. The number of ether oxygens (including phenoxy) is 1. The third kappa shape index (κ3) is 4.73. The lowest BCUT2D eigenvalue weighted by atomic mass is 9.80. The van der Waals surface area contributed by atoms with E-state index in [2.05, 4.69) is 5.32 Å². The first-order valence-corrected chi connectivity index (χ1v) is 5.34. The summed E-state index contributed by atoms with van der Waals surface area (Å²) in [7, 11) is -1.81. The maximum Gasteiger partial charge on any atom is 0.488 e. The lowest BCUT2D eigenvalue weighted by molar-refractivity contribution is 0.0636. The molecule has 18 heavy (non-hydrogen) atoms. The van der Waals surface area contributed by atoms with E-state index < -0.39 is 24.6 Å². The Hall–Kier alpha value is -1.60. The normalized spacial score (nSPS) is 11.0. The van der Waals surface area contributed by atoms with Crippen LogP contribution in [-0.4, -0.2) is 28.9 Å². The summed E-state index contributed by atoms with van der Waals surface area (Å²) in [5, 5.41) is 20.2. The molecule has 0 aliphatic heterocycles. The van der Waals surface area contributed by atoms with Crippen LogP contribution in [0, 0.1) is 5.82 Å². The molecule has 0 unspecified atom stereocenters. The molecule has 0 aliphatic rings. The number of halogens is 1. The second kappa shape index (κ2) is 5.37. The zero-order valence-corrected chi connectivity index (χ0v) is 10.4. The summed E-state index contributed by atoms with van der Waals surface area (Å²) in [5.41, 5.74) is -0.634. The maximum absolute atomic E-state index is 13.2. The molecule has 0 aromatic heterocycles. The van der Waals surface area contributed by atoms with Gasteiger partial charge >= 0.3 is 13.2 Å². The topological polar surface area (TPSA) is 78.8 Å². The van der Waals surface area contributed by atoms with Crippen molar-refractivity contribution in [2.75, 3.05) is 5.32 Å². The van der Waals surface area contributed by atoms with Gasteiger partial charge in [-0.1, -0.05) is 0 Å². The van der Waals surface area contributed by atoms with E-state index in [0.717, 1.165) is 12.1 Å². The number of rotatable bonds is 2. The van der Waals surface area contributed by atoms with E-state index in [0.29, 0.717) is 0 Å². The van der Waals surface area contributed by atoms with Crippen LogP contribution in [0.1, 0.15) is 20.8 Å². The van der Waals surface area contributed by atoms with Gasteiger partial charge < -0.3 is 14.8 Å². The Bertz CT molecular complexity index is 445. The van der Waals surface area contributed by atoms with Crippen molar-refractivity contribution in [3.63, 3.8) is 0 Å². The Morgan fingerprint density at radius 3 is 2.44 bits per heavy atom. The van der Waals surface area contributed by atoms with Crippen LogP contribution in [0.25, 0.3) is 0 Å². The Morgan fingerprint density at radius 2 is 1.94 bits per heavy atom. The van der Waals surface area contributed by atoms with Crippen molar-refractivity contribution in [2.45, 2.75) is 26.4 Å². The molecule has 1 aromatic rings. The molecular formula is C11H15BFNO4. The van der Waals surface area contributed by atoms with Crippen LogP contribution in [0.15, 0.2) is 18.2 Å². The molecule has 0 saturated carbocycles. The zero-order chi connectivity index (χ0) is 13.9. The second-order valence-corrected chi connectivity index (χ2v) is 4.77. The van der Waals surface area contributed by atoms with Gasteiger partial charge in [0.25, 0.3) is 0 Å². The van der Waals surface area contributed by atoms with Gasteiger partial charge in [-0.2, -0.15) is 0 Å². The van der Waals surface area contributed by atoms with Gasteiger partial charge in [-0.3, -0.25) is 5.32 Å². The average molecular weight is 255 g/mol. The minimum Gasteiger partial charge on any atom is -0.444 e. The number of carbonyl (C=O) groups is 1. The van der Waals surface area contributed by atoms with Crippen molar-refractivity contribution in [2.24, 2.45) is 0 Å². The minimum atomic E-state index is -1.81. The molecule has 7 heteroatoms. The molecule has 0 atom stereocenters. The summed E-state index contributed by atoms with van der Waals surface area (Å²) >= 11 is 0.